The lowest BCUT2D eigenvalue weighted by atomic mass is 10.2. The van der Waals surface area contributed by atoms with Crippen LogP contribution < -0.4 is 10.7 Å². The molecule has 3 heterocycles. The molecule has 3 aromatic heterocycles. The molecule has 8 heteroatoms. The van der Waals surface area contributed by atoms with Gasteiger partial charge in [-0.2, -0.15) is 5.10 Å². The van der Waals surface area contributed by atoms with Crippen LogP contribution in [0.15, 0.2) is 69.4 Å². The maximum atomic E-state index is 12.5. The van der Waals surface area contributed by atoms with E-state index in [2.05, 4.69) is 15.4 Å². The lowest BCUT2D eigenvalue weighted by Gasteiger charge is -2.11. The number of aryl methyl sites for hydroxylation is 1. The van der Waals surface area contributed by atoms with Gasteiger partial charge >= 0.3 is 0 Å². The number of oxazole rings is 1. The Morgan fingerprint density at radius 2 is 2.04 bits per heavy atom. The van der Waals surface area contributed by atoms with E-state index in [1.165, 1.54) is 23.7 Å². The maximum absolute atomic E-state index is 12.5. The summed E-state index contributed by atoms with van der Waals surface area (Å²) in [5.41, 5.74) is 1.38. The number of para-hydroxylation sites is 1. The highest BCUT2D eigenvalue weighted by Gasteiger charge is 2.16. The lowest BCUT2D eigenvalue weighted by Crippen LogP contribution is -2.31. The number of carbonyl (C=O) groups excluding carboxylic acids is 1. The van der Waals surface area contributed by atoms with Crippen molar-refractivity contribution in [2.24, 2.45) is 0 Å². The Bertz CT molecular complexity index is 1160. The summed E-state index contributed by atoms with van der Waals surface area (Å²) in [6, 6.07) is 14.5. The third-order valence-electron chi connectivity index (χ3n) is 4.04. The highest BCUT2D eigenvalue weighted by atomic mass is 32.1. The number of benzene rings is 1. The van der Waals surface area contributed by atoms with E-state index in [4.69, 9.17) is 4.42 Å². The zero-order chi connectivity index (χ0) is 19.5. The van der Waals surface area contributed by atoms with Gasteiger partial charge in [-0.3, -0.25) is 9.59 Å². The van der Waals surface area contributed by atoms with Crippen LogP contribution in [0.5, 0.6) is 0 Å². The summed E-state index contributed by atoms with van der Waals surface area (Å²) in [7, 11) is 0. The number of nitrogens with zero attached hydrogens (tertiary/aromatic N) is 3. The molecule has 0 fully saturated rings. The van der Waals surface area contributed by atoms with Gasteiger partial charge in [-0.25, -0.2) is 9.67 Å². The van der Waals surface area contributed by atoms with Crippen LogP contribution in [-0.2, 0) is 6.54 Å². The smallest absolute Gasteiger partial charge is 0.276 e. The van der Waals surface area contributed by atoms with E-state index in [0.717, 1.165) is 10.6 Å². The molecule has 1 N–H and O–H groups in total. The molecule has 4 rings (SSSR count). The minimum atomic E-state index is -0.560. The van der Waals surface area contributed by atoms with Crippen molar-refractivity contribution in [2.75, 3.05) is 0 Å². The average Bonchev–Trinajstić information content (AvgIpc) is 3.38. The first-order chi connectivity index (χ1) is 13.6. The monoisotopic (exact) mass is 392 g/mol. The van der Waals surface area contributed by atoms with Gasteiger partial charge in [0.05, 0.1) is 22.8 Å². The van der Waals surface area contributed by atoms with Gasteiger partial charge in [-0.05, 0) is 30.5 Å². The Balaban J connectivity index is 1.53. The molecule has 0 aliphatic rings. The number of amides is 1. The Morgan fingerprint density at radius 3 is 2.79 bits per heavy atom. The Labute approximate surface area is 164 Å². The first-order valence-electron chi connectivity index (χ1n) is 8.55. The van der Waals surface area contributed by atoms with Gasteiger partial charge < -0.3 is 9.73 Å². The molecule has 0 spiro atoms. The van der Waals surface area contributed by atoms with Gasteiger partial charge in [-0.1, -0.05) is 24.3 Å². The summed E-state index contributed by atoms with van der Waals surface area (Å²) in [6.45, 7) is 1.90. The van der Waals surface area contributed by atoms with Crippen molar-refractivity contribution < 1.29 is 9.21 Å². The van der Waals surface area contributed by atoms with Crippen molar-refractivity contribution in [2.45, 2.75) is 13.5 Å². The number of thiophene rings is 1. The zero-order valence-electron chi connectivity index (χ0n) is 15.0. The second-order valence-electron chi connectivity index (χ2n) is 6.05. The summed E-state index contributed by atoms with van der Waals surface area (Å²) in [6.07, 6.45) is 1.49. The predicted octanol–water partition coefficient (Wildman–Crippen LogP) is 3.19. The fraction of sp³-hybridized carbons (Fsp3) is 0.100. The number of nitrogens with one attached hydrogen (secondary N) is 1. The fourth-order valence-electron chi connectivity index (χ4n) is 2.69. The molecule has 1 amide bonds. The minimum absolute atomic E-state index is 0.133. The zero-order valence-corrected chi connectivity index (χ0v) is 15.8. The van der Waals surface area contributed by atoms with Crippen molar-refractivity contribution in [1.82, 2.24) is 20.1 Å². The van der Waals surface area contributed by atoms with E-state index in [1.807, 2.05) is 47.8 Å². The summed E-state index contributed by atoms with van der Waals surface area (Å²) in [5, 5.41) is 8.86. The van der Waals surface area contributed by atoms with Gasteiger partial charge in [0.1, 0.15) is 6.26 Å². The van der Waals surface area contributed by atoms with Crippen molar-refractivity contribution in [3.63, 3.8) is 0 Å². The van der Waals surface area contributed by atoms with Gasteiger partial charge in [0.25, 0.3) is 5.91 Å². The minimum Gasteiger partial charge on any atom is -0.443 e. The largest absolute Gasteiger partial charge is 0.443 e. The van der Waals surface area contributed by atoms with E-state index in [9.17, 15) is 9.59 Å². The fourth-order valence-corrected chi connectivity index (χ4v) is 3.35. The Kier molecular flexibility index (Phi) is 4.86. The molecule has 7 nitrogen and oxygen atoms in total. The summed E-state index contributed by atoms with van der Waals surface area (Å²) >= 11 is 1.52. The number of hydrogen-bond acceptors (Lipinski definition) is 6. The molecule has 4 aromatic rings. The molecule has 28 heavy (non-hydrogen) atoms. The topological polar surface area (TPSA) is 90.0 Å². The molecule has 140 valence electrons. The predicted molar refractivity (Wildman–Crippen MR) is 106 cm³/mol. The Morgan fingerprint density at radius 1 is 1.21 bits per heavy atom. The summed E-state index contributed by atoms with van der Waals surface area (Å²) in [4.78, 5) is 30.0. The normalized spacial score (nSPS) is 10.8. The summed E-state index contributed by atoms with van der Waals surface area (Å²) < 4.78 is 7.00. The molecule has 0 bridgehead atoms. The highest BCUT2D eigenvalue weighted by Crippen LogP contribution is 2.23. The third kappa shape index (κ3) is 3.63. The molecule has 1 aromatic carbocycles. The van der Waals surface area contributed by atoms with Crippen LogP contribution in [0.25, 0.3) is 16.5 Å². The average molecular weight is 392 g/mol. The molecule has 0 aliphatic carbocycles. The van der Waals surface area contributed by atoms with E-state index in [1.54, 1.807) is 11.6 Å². The van der Waals surface area contributed by atoms with Gasteiger partial charge in [0.2, 0.25) is 11.3 Å². The third-order valence-corrected chi connectivity index (χ3v) is 4.89. The van der Waals surface area contributed by atoms with E-state index < -0.39 is 11.3 Å². The van der Waals surface area contributed by atoms with Crippen molar-refractivity contribution in [3.8, 4) is 16.5 Å². The van der Waals surface area contributed by atoms with E-state index in [0.29, 0.717) is 17.3 Å². The van der Waals surface area contributed by atoms with Crippen LogP contribution in [0.2, 0.25) is 0 Å². The first-order valence-corrected chi connectivity index (χ1v) is 9.42. The van der Waals surface area contributed by atoms with Crippen LogP contribution in [0.3, 0.4) is 0 Å². The van der Waals surface area contributed by atoms with Crippen LogP contribution in [0, 0.1) is 6.92 Å². The molecule has 0 unspecified atom stereocenters. The molecule has 0 saturated carbocycles. The number of hydrogen-bond donors (Lipinski definition) is 1. The number of rotatable bonds is 5. The van der Waals surface area contributed by atoms with Crippen molar-refractivity contribution in [3.05, 3.63) is 87.5 Å². The standard InChI is InChI=1S/C20H16N4O3S/c1-13-10-16(25)18(23-24(13)15-6-3-2-4-7-15)19(26)21-11-14-12-27-20(22-14)17-8-5-9-28-17/h2-10,12H,11H2,1H3,(H,21,26). The lowest BCUT2D eigenvalue weighted by molar-refractivity contribution is 0.0942. The van der Waals surface area contributed by atoms with Crippen LogP contribution >= 0.6 is 11.3 Å². The molecule has 0 saturated heterocycles. The van der Waals surface area contributed by atoms with Gasteiger partial charge in [-0.15, -0.1) is 11.3 Å². The van der Waals surface area contributed by atoms with Crippen LogP contribution in [0.1, 0.15) is 21.9 Å². The quantitative estimate of drug-likeness (QED) is 0.563. The van der Waals surface area contributed by atoms with E-state index >= 15 is 0 Å². The van der Waals surface area contributed by atoms with Gasteiger partial charge in [0, 0.05) is 11.8 Å². The summed E-state index contributed by atoms with van der Waals surface area (Å²) in [5.74, 6) is -0.0607. The van der Waals surface area contributed by atoms with Crippen molar-refractivity contribution in [1.29, 1.82) is 0 Å². The maximum Gasteiger partial charge on any atom is 0.276 e. The molecular weight excluding hydrogens is 376 g/mol. The second-order valence-corrected chi connectivity index (χ2v) is 7.00. The SMILES string of the molecule is Cc1cc(=O)c(C(=O)NCc2coc(-c3cccs3)n2)nn1-c1ccccc1. The molecule has 0 radical (unpaired) electrons. The number of carbonyl (C=O) groups is 1. The van der Waals surface area contributed by atoms with Crippen molar-refractivity contribution >= 4 is 17.2 Å². The molecular formula is C20H16N4O3S. The van der Waals surface area contributed by atoms with E-state index in [-0.39, 0.29) is 12.2 Å². The first kappa shape index (κ1) is 17.9. The van der Waals surface area contributed by atoms with Crippen LogP contribution in [-0.4, -0.2) is 20.7 Å². The second kappa shape index (κ2) is 7.61. The van der Waals surface area contributed by atoms with Gasteiger partial charge in [0.15, 0.2) is 5.69 Å². The van der Waals surface area contributed by atoms with Crippen LogP contribution in [0.4, 0.5) is 0 Å². The molecule has 0 atom stereocenters. The Hall–Kier alpha value is -3.52. The molecule has 0 aliphatic heterocycles. The highest BCUT2D eigenvalue weighted by molar-refractivity contribution is 7.13. The number of aromatic nitrogens is 3.